The van der Waals surface area contributed by atoms with Gasteiger partial charge in [-0.1, -0.05) is 0 Å². The van der Waals surface area contributed by atoms with Crippen LogP contribution in [0, 0.1) is 10.1 Å². The molecule has 1 aromatic rings. The first-order valence-electron chi connectivity index (χ1n) is 4.80. The third-order valence-corrected chi connectivity index (χ3v) is 2.01. The van der Waals surface area contributed by atoms with Crippen LogP contribution in [0.2, 0.25) is 0 Å². The van der Waals surface area contributed by atoms with Crippen LogP contribution in [0.15, 0.2) is 18.2 Å². The summed E-state index contributed by atoms with van der Waals surface area (Å²) < 4.78 is 42.4. The van der Waals surface area contributed by atoms with Crippen molar-refractivity contribution in [2.45, 2.75) is 13.1 Å². The van der Waals surface area contributed by atoms with E-state index >= 15 is 0 Å². The van der Waals surface area contributed by atoms with Crippen LogP contribution < -0.4 is 0 Å². The summed E-state index contributed by atoms with van der Waals surface area (Å²) in [4.78, 5) is 20.7. The van der Waals surface area contributed by atoms with Crippen molar-refractivity contribution in [1.29, 1.82) is 0 Å². The Morgan fingerprint density at radius 3 is 2.50 bits per heavy atom. The Morgan fingerprint density at radius 1 is 1.44 bits per heavy atom. The number of carbonyl (C=O) groups is 1. The number of nitro benzene ring substituents is 1. The fraction of sp³-hybridized carbons (Fsp3) is 0.300. The highest BCUT2D eigenvalue weighted by atomic mass is 19.4. The number of hydrogen-bond acceptors (Lipinski definition) is 4. The van der Waals surface area contributed by atoms with Gasteiger partial charge in [-0.25, -0.2) is 4.79 Å². The number of alkyl halides is 3. The quantitative estimate of drug-likeness (QED) is 0.477. The highest BCUT2D eigenvalue weighted by Gasteiger charge is 2.37. The van der Waals surface area contributed by atoms with Gasteiger partial charge in [-0.05, 0) is 13.0 Å². The van der Waals surface area contributed by atoms with E-state index in [0.717, 1.165) is 12.1 Å². The smallest absolute Gasteiger partial charge is 0.417 e. The van der Waals surface area contributed by atoms with Gasteiger partial charge < -0.3 is 4.74 Å². The second-order valence-corrected chi connectivity index (χ2v) is 3.21. The van der Waals surface area contributed by atoms with Crippen molar-refractivity contribution in [1.82, 2.24) is 0 Å². The number of hydrogen-bond donors (Lipinski definition) is 0. The van der Waals surface area contributed by atoms with Gasteiger partial charge in [-0.3, -0.25) is 10.1 Å². The van der Waals surface area contributed by atoms with Gasteiger partial charge in [0.25, 0.3) is 5.69 Å². The maximum absolute atomic E-state index is 12.7. The van der Waals surface area contributed by atoms with E-state index in [1.807, 2.05) is 0 Å². The minimum absolute atomic E-state index is 0.0902. The summed E-state index contributed by atoms with van der Waals surface area (Å²) in [6, 6.07) is 1.87. The first-order valence-corrected chi connectivity index (χ1v) is 4.80. The predicted molar refractivity (Wildman–Crippen MR) is 54.1 cm³/mol. The van der Waals surface area contributed by atoms with E-state index in [2.05, 4.69) is 4.74 Å². The standard InChI is InChI=1S/C10H8F3NO4/c1-2-18-9(15)7-4-3-6(14(16)17)5-8(7)10(11,12)13/h3-5H,2H2,1H3. The molecule has 0 aliphatic carbocycles. The van der Waals surface area contributed by atoms with Gasteiger partial charge in [-0.2, -0.15) is 13.2 Å². The van der Waals surface area contributed by atoms with E-state index in [1.165, 1.54) is 6.92 Å². The number of rotatable bonds is 3. The molecule has 5 nitrogen and oxygen atoms in total. The molecule has 0 fully saturated rings. The monoisotopic (exact) mass is 263 g/mol. The zero-order valence-corrected chi connectivity index (χ0v) is 9.15. The summed E-state index contributed by atoms with van der Waals surface area (Å²) in [6.45, 7) is 1.35. The van der Waals surface area contributed by atoms with Gasteiger partial charge in [0.05, 0.1) is 22.7 Å². The van der Waals surface area contributed by atoms with Crippen LogP contribution in [-0.4, -0.2) is 17.5 Å². The molecule has 0 saturated heterocycles. The highest BCUT2D eigenvalue weighted by molar-refractivity contribution is 5.91. The summed E-state index contributed by atoms with van der Waals surface area (Å²) in [7, 11) is 0. The van der Waals surface area contributed by atoms with Gasteiger partial charge in [0.1, 0.15) is 0 Å². The largest absolute Gasteiger partial charge is 0.462 e. The van der Waals surface area contributed by atoms with Crippen molar-refractivity contribution in [3.05, 3.63) is 39.4 Å². The van der Waals surface area contributed by atoms with Crippen LogP contribution >= 0.6 is 0 Å². The summed E-state index contributed by atoms with van der Waals surface area (Å²) in [6.07, 6.45) is -4.87. The Hall–Kier alpha value is -2.12. The maximum atomic E-state index is 12.7. The van der Waals surface area contributed by atoms with E-state index in [9.17, 15) is 28.1 Å². The Balaban J connectivity index is 3.34. The fourth-order valence-electron chi connectivity index (χ4n) is 1.27. The van der Waals surface area contributed by atoms with Crippen LogP contribution in [0.4, 0.5) is 18.9 Å². The average molecular weight is 263 g/mol. The highest BCUT2D eigenvalue weighted by Crippen LogP contribution is 2.34. The molecule has 0 aliphatic rings. The molecule has 1 rings (SSSR count). The molecule has 8 heteroatoms. The number of non-ortho nitro benzene ring substituents is 1. The normalized spacial score (nSPS) is 11.1. The zero-order chi connectivity index (χ0) is 13.9. The first-order chi connectivity index (χ1) is 8.27. The molecule has 0 bridgehead atoms. The lowest BCUT2D eigenvalue weighted by Gasteiger charge is -2.11. The van der Waals surface area contributed by atoms with Gasteiger partial charge in [-0.15, -0.1) is 0 Å². The third kappa shape index (κ3) is 2.96. The van der Waals surface area contributed by atoms with Crippen LogP contribution in [0.3, 0.4) is 0 Å². The minimum Gasteiger partial charge on any atom is -0.462 e. The number of benzene rings is 1. The van der Waals surface area contributed by atoms with Gasteiger partial charge in [0.2, 0.25) is 0 Å². The number of nitrogens with zero attached hydrogens (tertiary/aromatic N) is 1. The van der Waals surface area contributed by atoms with Crippen molar-refractivity contribution in [2.24, 2.45) is 0 Å². The van der Waals surface area contributed by atoms with Crippen LogP contribution in [0.5, 0.6) is 0 Å². The summed E-state index contributed by atoms with van der Waals surface area (Å²) >= 11 is 0. The maximum Gasteiger partial charge on any atom is 0.417 e. The molecule has 0 N–H and O–H groups in total. The summed E-state index contributed by atoms with van der Waals surface area (Å²) in [5.41, 5.74) is -2.86. The molecule has 0 aromatic heterocycles. The molecule has 1 aromatic carbocycles. The second-order valence-electron chi connectivity index (χ2n) is 3.21. The SMILES string of the molecule is CCOC(=O)c1ccc([N+](=O)[O-])cc1C(F)(F)F. The van der Waals surface area contributed by atoms with Crippen molar-refractivity contribution >= 4 is 11.7 Å². The number of ether oxygens (including phenoxy) is 1. The Morgan fingerprint density at radius 2 is 2.06 bits per heavy atom. The van der Waals surface area contributed by atoms with Gasteiger partial charge in [0.15, 0.2) is 0 Å². The van der Waals surface area contributed by atoms with Crippen molar-refractivity contribution in [3.8, 4) is 0 Å². The van der Waals surface area contributed by atoms with E-state index in [1.54, 1.807) is 0 Å². The Kier molecular flexibility index (Phi) is 3.89. The fourth-order valence-corrected chi connectivity index (χ4v) is 1.27. The summed E-state index contributed by atoms with van der Waals surface area (Å²) in [5.74, 6) is -1.17. The van der Waals surface area contributed by atoms with Gasteiger partial charge in [0, 0.05) is 12.1 Å². The lowest BCUT2D eigenvalue weighted by Crippen LogP contribution is -2.15. The van der Waals surface area contributed by atoms with Crippen LogP contribution in [0.1, 0.15) is 22.8 Å². The van der Waals surface area contributed by atoms with E-state index < -0.39 is 33.9 Å². The van der Waals surface area contributed by atoms with E-state index in [4.69, 9.17) is 0 Å². The molecule has 0 atom stereocenters. The average Bonchev–Trinajstić information content (AvgIpc) is 2.27. The first kappa shape index (κ1) is 13.9. The topological polar surface area (TPSA) is 69.4 Å². The van der Waals surface area contributed by atoms with Crippen LogP contribution in [-0.2, 0) is 10.9 Å². The summed E-state index contributed by atoms with van der Waals surface area (Å²) in [5, 5.41) is 10.4. The van der Waals surface area contributed by atoms with Crippen molar-refractivity contribution in [2.75, 3.05) is 6.61 Å². The number of halogens is 3. The van der Waals surface area contributed by atoms with Crippen molar-refractivity contribution < 1.29 is 27.6 Å². The van der Waals surface area contributed by atoms with Gasteiger partial charge >= 0.3 is 12.1 Å². The third-order valence-electron chi connectivity index (χ3n) is 2.01. The second kappa shape index (κ2) is 5.03. The minimum atomic E-state index is -4.87. The number of nitro groups is 1. The van der Waals surface area contributed by atoms with E-state index in [0.29, 0.717) is 6.07 Å². The molecule has 0 aliphatic heterocycles. The molecule has 0 unspecified atom stereocenters. The molecular weight excluding hydrogens is 255 g/mol. The van der Waals surface area contributed by atoms with Crippen molar-refractivity contribution in [3.63, 3.8) is 0 Å². The Bertz CT molecular complexity index is 485. The lowest BCUT2D eigenvalue weighted by molar-refractivity contribution is -0.385. The Labute approximate surface area is 99.3 Å². The lowest BCUT2D eigenvalue weighted by atomic mass is 10.1. The number of esters is 1. The number of carbonyl (C=O) groups excluding carboxylic acids is 1. The molecule has 0 heterocycles. The van der Waals surface area contributed by atoms with E-state index in [-0.39, 0.29) is 6.61 Å². The van der Waals surface area contributed by atoms with Crippen LogP contribution in [0.25, 0.3) is 0 Å². The molecule has 0 spiro atoms. The molecular formula is C10H8F3NO4. The zero-order valence-electron chi connectivity index (χ0n) is 9.15. The predicted octanol–water partition coefficient (Wildman–Crippen LogP) is 2.79. The molecule has 18 heavy (non-hydrogen) atoms. The molecule has 0 saturated carbocycles. The molecule has 98 valence electrons. The molecule has 0 radical (unpaired) electrons. The molecule has 0 amide bonds.